The Bertz CT molecular complexity index is 356. The molecule has 0 amide bonds. The van der Waals surface area contributed by atoms with E-state index in [0.29, 0.717) is 0 Å². The fraction of sp³-hybridized carbons (Fsp3) is 0. The van der Waals surface area contributed by atoms with Crippen molar-refractivity contribution >= 4 is 30.5 Å². The van der Waals surface area contributed by atoms with E-state index in [1.54, 1.807) is 6.20 Å². The zero-order valence-corrected chi connectivity index (χ0v) is 8.94. The predicted octanol–water partition coefficient (Wildman–Crippen LogP) is 2.50. The number of nitrogens with two attached hydrogens (primary N) is 1. The van der Waals surface area contributed by atoms with Crippen molar-refractivity contribution in [3.8, 4) is 11.3 Å². The van der Waals surface area contributed by atoms with E-state index in [4.69, 9.17) is 5.73 Å². The molecule has 0 fully saturated rings. The molecule has 0 spiro atoms. The first-order valence-corrected chi connectivity index (χ1v) is 3.71. The monoisotopic (exact) mass is 231 g/mol. The van der Waals surface area contributed by atoms with E-state index in [-0.39, 0.29) is 24.8 Å². The lowest BCUT2D eigenvalue weighted by molar-refractivity contribution is 1.10. The van der Waals surface area contributed by atoms with Gasteiger partial charge in [0.15, 0.2) is 0 Å². The summed E-state index contributed by atoms with van der Waals surface area (Å²) in [5.41, 5.74) is 8.44. The van der Waals surface area contributed by atoms with Crippen LogP contribution in [0, 0.1) is 0 Å². The summed E-state index contributed by atoms with van der Waals surface area (Å²) in [5.74, 6) is 0. The highest BCUT2D eigenvalue weighted by molar-refractivity contribution is 5.85. The number of rotatable bonds is 1. The van der Waals surface area contributed by atoms with Gasteiger partial charge in [-0.25, -0.2) is 0 Å². The summed E-state index contributed by atoms with van der Waals surface area (Å²) >= 11 is 0. The SMILES string of the molecule is Cl.Cl.Nc1ccc(-c2ccn[nH]2)cc1. The van der Waals surface area contributed by atoms with Crippen molar-refractivity contribution in [1.29, 1.82) is 0 Å². The van der Waals surface area contributed by atoms with Crippen molar-refractivity contribution < 1.29 is 0 Å². The van der Waals surface area contributed by atoms with Crippen LogP contribution in [0.5, 0.6) is 0 Å². The number of hydrogen-bond acceptors (Lipinski definition) is 2. The average molecular weight is 232 g/mol. The highest BCUT2D eigenvalue weighted by Gasteiger charge is 1.96. The summed E-state index contributed by atoms with van der Waals surface area (Å²) in [6.07, 6.45) is 1.73. The third-order valence-electron chi connectivity index (χ3n) is 1.72. The second-order valence-corrected chi connectivity index (χ2v) is 2.59. The lowest BCUT2D eigenvalue weighted by atomic mass is 10.1. The predicted molar refractivity (Wildman–Crippen MR) is 62.9 cm³/mol. The van der Waals surface area contributed by atoms with Crippen LogP contribution in [-0.4, -0.2) is 10.2 Å². The van der Waals surface area contributed by atoms with Gasteiger partial charge in [0.05, 0.1) is 5.69 Å². The van der Waals surface area contributed by atoms with Gasteiger partial charge in [0, 0.05) is 11.9 Å². The molecule has 0 aliphatic rings. The molecule has 1 heterocycles. The molecule has 0 unspecified atom stereocenters. The number of nitrogen functional groups attached to an aromatic ring is 1. The van der Waals surface area contributed by atoms with E-state index in [1.807, 2.05) is 30.3 Å². The summed E-state index contributed by atoms with van der Waals surface area (Å²) in [4.78, 5) is 0. The normalized spacial score (nSPS) is 8.57. The number of nitrogens with zero attached hydrogens (tertiary/aromatic N) is 1. The van der Waals surface area contributed by atoms with E-state index in [9.17, 15) is 0 Å². The van der Waals surface area contributed by atoms with Crippen molar-refractivity contribution in [1.82, 2.24) is 10.2 Å². The van der Waals surface area contributed by atoms with Crippen LogP contribution in [0.2, 0.25) is 0 Å². The van der Waals surface area contributed by atoms with Gasteiger partial charge in [0.1, 0.15) is 0 Å². The number of aromatic amines is 1. The summed E-state index contributed by atoms with van der Waals surface area (Å²) in [7, 11) is 0. The van der Waals surface area contributed by atoms with Crippen molar-refractivity contribution in [2.24, 2.45) is 0 Å². The summed E-state index contributed by atoms with van der Waals surface area (Å²) < 4.78 is 0. The number of aromatic nitrogens is 2. The second-order valence-electron chi connectivity index (χ2n) is 2.59. The van der Waals surface area contributed by atoms with Gasteiger partial charge in [-0.1, -0.05) is 12.1 Å². The third-order valence-corrected chi connectivity index (χ3v) is 1.72. The van der Waals surface area contributed by atoms with Crippen molar-refractivity contribution in [2.45, 2.75) is 0 Å². The van der Waals surface area contributed by atoms with Crippen LogP contribution in [0.25, 0.3) is 11.3 Å². The van der Waals surface area contributed by atoms with Crippen LogP contribution in [0.3, 0.4) is 0 Å². The topological polar surface area (TPSA) is 54.7 Å². The number of nitrogens with one attached hydrogen (secondary N) is 1. The maximum atomic E-state index is 5.55. The number of hydrogen-bond donors (Lipinski definition) is 2. The maximum absolute atomic E-state index is 5.55. The van der Waals surface area contributed by atoms with Gasteiger partial charge >= 0.3 is 0 Å². The highest BCUT2D eigenvalue weighted by Crippen LogP contribution is 2.16. The van der Waals surface area contributed by atoms with Gasteiger partial charge < -0.3 is 5.73 Å². The first-order valence-electron chi connectivity index (χ1n) is 3.71. The van der Waals surface area contributed by atoms with Crippen molar-refractivity contribution in [3.05, 3.63) is 36.5 Å². The molecule has 3 nitrogen and oxygen atoms in total. The zero-order valence-electron chi connectivity index (χ0n) is 7.31. The van der Waals surface area contributed by atoms with E-state index in [0.717, 1.165) is 16.9 Å². The molecule has 0 aliphatic heterocycles. The Hall–Kier alpha value is -1.19. The molecule has 1 aromatic carbocycles. The van der Waals surface area contributed by atoms with Crippen LogP contribution < -0.4 is 5.73 Å². The largest absolute Gasteiger partial charge is 0.399 e. The lowest BCUT2D eigenvalue weighted by Gasteiger charge is -1.96. The van der Waals surface area contributed by atoms with Crippen molar-refractivity contribution in [3.63, 3.8) is 0 Å². The Morgan fingerprint density at radius 2 is 1.64 bits per heavy atom. The molecular weight excluding hydrogens is 221 g/mol. The molecule has 2 aromatic rings. The minimum Gasteiger partial charge on any atom is -0.399 e. The minimum atomic E-state index is 0. The Morgan fingerprint density at radius 3 is 2.14 bits per heavy atom. The van der Waals surface area contributed by atoms with Gasteiger partial charge in [-0.2, -0.15) is 5.10 Å². The van der Waals surface area contributed by atoms with E-state index in [2.05, 4.69) is 10.2 Å². The van der Waals surface area contributed by atoms with Gasteiger partial charge in [0.2, 0.25) is 0 Å². The fourth-order valence-corrected chi connectivity index (χ4v) is 1.08. The fourth-order valence-electron chi connectivity index (χ4n) is 1.08. The van der Waals surface area contributed by atoms with Gasteiger partial charge in [-0.3, -0.25) is 5.10 Å². The third kappa shape index (κ3) is 2.65. The van der Waals surface area contributed by atoms with Crippen molar-refractivity contribution in [2.75, 3.05) is 5.73 Å². The summed E-state index contributed by atoms with van der Waals surface area (Å²) in [5, 5.41) is 6.75. The summed E-state index contributed by atoms with van der Waals surface area (Å²) in [6, 6.07) is 9.59. The average Bonchev–Trinajstić information content (AvgIpc) is 2.58. The molecule has 0 radical (unpaired) electrons. The molecule has 0 bridgehead atoms. The van der Waals surface area contributed by atoms with E-state index < -0.39 is 0 Å². The number of halogens is 2. The molecule has 5 heteroatoms. The number of anilines is 1. The molecule has 0 saturated carbocycles. The Labute approximate surface area is 94.5 Å². The van der Waals surface area contributed by atoms with Crippen LogP contribution in [0.4, 0.5) is 5.69 Å². The number of H-pyrrole nitrogens is 1. The highest BCUT2D eigenvalue weighted by atomic mass is 35.5. The van der Waals surface area contributed by atoms with E-state index >= 15 is 0 Å². The van der Waals surface area contributed by atoms with Gasteiger partial charge in [-0.05, 0) is 23.8 Å². The first-order chi connectivity index (χ1) is 5.86. The van der Waals surface area contributed by atoms with Gasteiger partial charge in [-0.15, -0.1) is 24.8 Å². The molecule has 1 aromatic heterocycles. The summed E-state index contributed by atoms with van der Waals surface area (Å²) in [6.45, 7) is 0. The Morgan fingerprint density at radius 1 is 1.00 bits per heavy atom. The lowest BCUT2D eigenvalue weighted by Crippen LogP contribution is -1.83. The maximum Gasteiger partial charge on any atom is 0.0650 e. The standard InChI is InChI=1S/C9H9N3.2ClH/c10-8-3-1-7(2-4-8)9-5-6-11-12-9;;/h1-6H,10H2,(H,11,12);2*1H. The quantitative estimate of drug-likeness (QED) is 0.742. The molecule has 0 aliphatic carbocycles. The second kappa shape index (κ2) is 5.52. The Balaban J connectivity index is 0.000000845. The van der Waals surface area contributed by atoms with Gasteiger partial charge in [0.25, 0.3) is 0 Å². The molecule has 76 valence electrons. The van der Waals surface area contributed by atoms with E-state index in [1.165, 1.54) is 0 Å². The number of benzene rings is 1. The zero-order chi connectivity index (χ0) is 8.39. The minimum absolute atomic E-state index is 0. The van der Waals surface area contributed by atoms with Crippen LogP contribution in [-0.2, 0) is 0 Å². The smallest absolute Gasteiger partial charge is 0.0650 e. The van der Waals surface area contributed by atoms with Crippen LogP contribution >= 0.6 is 24.8 Å². The molecule has 2 rings (SSSR count). The first kappa shape index (κ1) is 12.8. The molecule has 0 atom stereocenters. The molecule has 14 heavy (non-hydrogen) atoms. The van der Waals surface area contributed by atoms with Crippen LogP contribution in [0.15, 0.2) is 36.5 Å². The Kier molecular flexibility index (Phi) is 5.05. The molecule has 3 N–H and O–H groups in total. The van der Waals surface area contributed by atoms with Crippen LogP contribution in [0.1, 0.15) is 0 Å². The molecule has 0 saturated heterocycles. The molecular formula is C9H11Cl2N3.